The van der Waals surface area contributed by atoms with Crippen LogP contribution in [0.25, 0.3) is 11.3 Å². The largest absolute Gasteiger partial charge is 0.294 e. The van der Waals surface area contributed by atoms with E-state index in [1.54, 1.807) is 19.3 Å². The van der Waals surface area contributed by atoms with Gasteiger partial charge in [-0.1, -0.05) is 0 Å². The Morgan fingerprint density at radius 3 is 2.65 bits per heavy atom. The lowest BCUT2D eigenvalue weighted by Gasteiger charge is -2.02. The molecule has 2 aromatic rings. The monoisotopic (exact) mass is 244 g/mol. The molecule has 1 fully saturated rings. The summed E-state index contributed by atoms with van der Waals surface area (Å²) in [4.78, 5) is 16.4. The topological polar surface area (TPSA) is 42.9 Å². The molecule has 0 radical (unpaired) electrons. The van der Waals surface area contributed by atoms with Crippen molar-refractivity contribution in [3.63, 3.8) is 0 Å². The molecule has 0 saturated heterocycles. The third-order valence-corrected chi connectivity index (χ3v) is 3.95. The van der Waals surface area contributed by atoms with Crippen LogP contribution in [0.1, 0.15) is 40.9 Å². The maximum Gasteiger partial charge on any atom is 0.171 e. The molecule has 3 nitrogen and oxygen atoms in total. The highest BCUT2D eigenvalue weighted by atomic mass is 32.1. The SMILES string of the molecule is CC(=O)c1snc(-c2ccncc2)c1C1CC1. The van der Waals surface area contributed by atoms with Crippen LogP contribution in [0, 0.1) is 0 Å². The van der Waals surface area contributed by atoms with Crippen molar-refractivity contribution < 1.29 is 4.79 Å². The molecule has 0 aliphatic heterocycles. The number of rotatable bonds is 3. The van der Waals surface area contributed by atoms with E-state index in [2.05, 4.69) is 9.36 Å². The summed E-state index contributed by atoms with van der Waals surface area (Å²) in [6, 6.07) is 3.90. The molecule has 1 aliphatic carbocycles. The number of carbonyl (C=O) groups excluding carboxylic acids is 1. The van der Waals surface area contributed by atoms with Crippen molar-refractivity contribution in [3.05, 3.63) is 35.0 Å². The Morgan fingerprint density at radius 2 is 2.06 bits per heavy atom. The normalized spacial score (nSPS) is 14.9. The minimum Gasteiger partial charge on any atom is -0.294 e. The molecule has 2 heterocycles. The smallest absolute Gasteiger partial charge is 0.171 e. The summed E-state index contributed by atoms with van der Waals surface area (Å²) in [7, 11) is 0. The maximum atomic E-state index is 11.6. The minimum atomic E-state index is 0.129. The van der Waals surface area contributed by atoms with E-state index in [1.165, 1.54) is 24.4 Å². The van der Waals surface area contributed by atoms with Crippen LogP contribution in [-0.2, 0) is 0 Å². The lowest BCUT2D eigenvalue weighted by Crippen LogP contribution is -1.94. The van der Waals surface area contributed by atoms with Gasteiger partial charge in [0.25, 0.3) is 0 Å². The maximum absolute atomic E-state index is 11.6. The van der Waals surface area contributed by atoms with E-state index in [0.717, 1.165) is 21.7 Å². The second-order valence-corrected chi connectivity index (χ2v) is 5.11. The quantitative estimate of drug-likeness (QED) is 0.778. The number of Topliss-reactive ketones (excluding diaryl/α,β-unsaturated/α-hetero) is 1. The third kappa shape index (κ3) is 1.89. The first-order valence-electron chi connectivity index (χ1n) is 5.68. The molecule has 1 aliphatic rings. The number of pyridine rings is 1. The first-order chi connectivity index (χ1) is 8.27. The Hall–Kier alpha value is -1.55. The predicted octanol–water partition coefficient (Wildman–Crippen LogP) is 3.29. The van der Waals surface area contributed by atoms with Crippen LogP contribution in [0.2, 0.25) is 0 Å². The molecule has 0 amide bonds. The molecule has 0 N–H and O–H groups in total. The molecule has 4 heteroatoms. The lowest BCUT2D eigenvalue weighted by atomic mass is 10.0. The first-order valence-corrected chi connectivity index (χ1v) is 6.45. The van der Waals surface area contributed by atoms with Crippen molar-refractivity contribution >= 4 is 17.3 Å². The fourth-order valence-corrected chi connectivity index (χ4v) is 2.90. The van der Waals surface area contributed by atoms with Crippen molar-refractivity contribution in [2.45, 2.75) is 25.7 Å². The van der Waals surface area contributed by atoms with Gasteiger partial charge >= 0.3 is 0 Å². The van der Waals surface area contributed by atoms with E-state index in [9.17, 15) is 4.79 Å². The molecule has 0 spiro atoms. The van der Waals surface area contributed by atoms with Gasteiger partial charge in [-0.05, 0) is 42.4 Å². The molecule has 86 valence electrons. The van der Waals surface area contributed by atoms with Crippen LogP contribution >= 0.6 is 11.5 Å². The Balaban J connectivity index is 2.14. The van der Waals surface area contributed by atoms with Gasteiger partial charge in [-0.3, -0.25) is 9.78 Å². The Labute approximate surface area is 104 Å². The number of hydrogen-bond acceptors (Lipinski definition) is 4. The average Bonchev–Trinajstić information content (AvgIpc) is 3.08. The number of aromatic nitrogens is 2. The van der Waals surface area contributed by atoms with Crippen LogP contribution < -0.4 is 0 Å². The fraction of sp³-hybridized carbons (Fsp3) is 0.308. The van der Waals surface area contributed by atoms with Gasteiger partial charge in [-0.15, -0.1) is 0 Å². The highest BCUT2D eigenvalue weighted by Gasteiger charge is 2.32. The Bertz CT molecular complexity index is 558. The van der Waals surface area contributed by atoms with Gasteiger partial charge in [0.05, 0.1) is 10.6 Å². The molecule has 0 atom stereocenters. The predicted molar refractivity (Wildman–Crippen MR) is 67.3 cm³/mol. The molecule has 0 aromatic carbocycles. The average molecular weight is 244 g/mol. The standard InChI is InChI=1S/C13H12N2OS/c1-8(16)13-11(9-2-3-9)12(15-17-13)10-4-6-14-7-5-10/h4-7,9H,2-3H2,1H3. The summed E-state index contributed by atoms with van der Waals surface area (Å²) < 4.78 is 4.46. The zero-order valence-corrected chi connectivity index (χ0v) is 10.3. The van der Waals surface area contributed by atoms with Crippen molar-refractivity contribution in [1.82, 2.24) is 9.36 Å². The number of nitrogens with zero attached hydrogens (tertiary/aromatic N) is 2. The van der Waals surface area contributed by atoms with E-state index in [4.69, 9.17) is 0 Å². The van der Waals surface area contributed by atoms with Crippen LogP contribution in [-0.4, -0.2) is 15.1 Å². The van der Waals surface area contributed by atoms with E-state index >= 15 is 0 Å². The van der Waals surface area contributed by atoms with Gasteiger partial charge in [0.15, 0.2) is 5.78 Å². The molecule has 17 heavy (non-hydrogen) atoms. The van der Waals surface area contributed by atoms with Crippen LogP contribution in [0.5, 0.6) is 0 Å². The minimum absolute atomic E-state index is 0.129. The van der Waals surface area contributed by atoms with Crippen molar-refractivity contribution in [2.24, 2.45) is 0 Å². The molecular formula is C13H12N2OS. The molecule has 0 unspecified atom stereocenters. The summed E-state index contributed by atoms with van der Waals surface area (Å²) in [6.45, 7) is 1.62. The molecule has 1 saturated carbocycles. The molecular weight excluding hydrogens is 232 g/mol. The first kappa shape index (κ1) is 10.6. The molecule has 2 aromatic heterocycles. The number of ketones is 1. The second kappa shape index (κ2) is 4.04. The van der Waals surface area contributed by atoms with Gasteiger partial charge < -0.3 is 0 Å². The highest BCUT2D eigenvalue weighted by Crippen LogP contribution is 2.47. The molecule has 3 rings (SSSR count). The number of hydrogen-bond donors (Lipinski definition) is 0. The van der Waals surface area contributed by atoms with Gasteiger partial charge in [-0.2, -0.15) is 4.37 Å². The van der Waals surface area contributed by atoms with Crippen LogP contribution in [0.3, 0.4) is 0 Å². The van der Waals surface area contributed by atoms with Gasteiger partial charge in [-0.25, -0.2) is 0 Å². The zero-order valence-electron chi connectivity index (χ0n) is 9.51. The molecule has 0 bridgehead atoms. The number of carbonyl (C=O) groups is 1. The lowest BCUT2D eigenvalue weighted by molar-refractivity contribution is 0.102. The van der Waals surface area contributed by atoms with Crippen LogP contribution in [0.15, 0.2) is 24.5 Å². The summed E-state index contributed by atoms with van der Waals surface area (Å²) in [5, 5.41) is 0. The fourth-order valence-electron chi connectivity index (χ4n) is 2.02. The van der Waals surface area contributed by atoms with Crippen LogP contribution in [0.4, 0.5) is 0 Å². The summed E-state index contributed by atoms with van der Waals surface area (Å²) in [5.74, 6) is 0.667. The van der Waals surface area contributed by atoms with Crippen molar-refractivity contribution in [1.29, 1.82) is 0 Å². The Morgan fingerprint density at radius 1 is 1.35 bits per heavy atom. The van der Waals surface area contributed by atoms with E-state index in [0.29, 0.717) is 5.92 Å². The van der Waals surface area contributed by atoms with Crippen molar-refractivity contribution in [3.8, 4) is 11.3 Å². The summed E-state index contributed by atoms with van der Waals surface area (Å²) in [6.07, 6.45) is 5.88. The van der Waals surface area contributed by atoms with E-state index < -0.39 is 0 Å². The van der Waals surface area contributed by atoms with Crippen molar-refractivity contribution in [2.75, 3.05) is 0 Å². The van der Waals surface area contributed by atoms with E-state index in [-0.39, 0.29) is 5.78 Å². The third-order valence-electron chi connectivity index (χ3n) is 2.99. The summed E-state index contributed by atoms with van der Waals surface area (Å²) >= 11 is 1.33. The summed E-state index contributed by atoms with van der Waals surface area (Å²) in [5.41, 5.74) is 3.20. The Kier molecular flexibility index (Phi) is 2.52. The van der Waals surface area contributed by atoms with Gasteiger partial charge in [0.2, 0.25) is 0 Å². The van der Waals surface area contributed by atoms with E-state index in [1.807, 2.05) is 12.1 Å². The highest BCUT2D eigenvalue weighted by molar-refractivity contribution is 7.08. The van der Waals surface area contributed by atoms with Gasteiger partial charge in [0.1, 0.15) is 0 Å². The second-order valence-electron chi connectivity index (χ2n) is 4.34. The zero-order chi connectivity index (χ0) is 11.8. The van der Waals surface area contributed by atoms with Gasteiger partial charge in [0, 0.05) is 30.4 Å².